The second-order valence-electron chi connectivity index (χ2n) is 18.3. The van der Waals surface area contributed by atoms with Crippen LogP contribution in [0.15, 0.2) is 66.7 Å². The minimum atomic E-state index is -2.57. The van der Waals surface area contributed by atoms with Crippen molar-refractivity contribution >= 4 is 54.0 Å². The van der Waals surface area contributed by atoms with E-state index in [1.165, 1.54) is 0 Å². The lowest BCUT2D eigenvalue weighted by Crippen LogP contribution is -2.52. The van der Waals surface area contributed by atoms with Crippen LogP contribution < -0.4 is 36.1 Å². The summed E-state index contributed by atoms with van der Waals surface area (Å²) < 4.78 is 12.9. The number of anilines is 3. The van der Waals surface area contributed by atoms with Crippen LogP contribution in [0.3, 0.4) is 0 Å². The maximum absolute atomic E-state index is 15.6. The zero-order valence-electron chi connectivity index (χ0n) is 36.0. The van der Waals surface area contributed by atoms with E-state index in [1.807, 2.05) is 54.6 Å². The van der Waals surface area contributed by atoms with Gasteiger partial charge in [0, 0.05) is 42.5 Å². The third-order valence-electron chi connectivity index (χ3n) is 14.3. The normalized spacial score (nSPS) is 27.6. The van der Waals surface area contributed by atoms with Gasteiger partial charge in [0.15, 0.2) is 5.60 Å². The number of fused-ring (bicyclic) bond motifs is 2. The molecule has 326 valence electrons. The number of ether oxygens (including phenoxy) is 2. The van der Waals surface area contributed by atoms with E-state index in [0.717, 1.165) is 68.1 Å². The molecule has 0 aromatic heterocycles. The molecular formula is C47H62N6O7Si. The Balaban J connectivity index is 1.18. The summed E-state index contributed by atoms with van der Waals surface area (Å²) in [5, 5.41) is 24.3. The summed E-state index contributed by atoms with van der Waals surface area (Å²) in [7, 11) is -0.927. The highest BCUT2D eigenvalue weighted by Gasteiger charge is 2.66. The van der Waals surface area contributed by atoms with Gasteiger partial charge in [-0.25, -0.2) is 0 Å². The molecule has 14 heteroatoms. The predicted octanol–water partition coefficient (Wildman–Crippen LogP) is 4.71. The zero-order valence-corrected chi connectivity index (χ0v) is 37.0. The quantitative estimate of drug-likeness (QED) is 0.163. The summed E-state index contributed by atoms with van der Waals surface area (Å²) in [5.41, 5.74) is 1.81. The van der Waals surface area contributed by atoms with Gasteiger partial charge in [-0.15, -0.1) is 0 Å². The van der Waals surface area contributed by atoms with Crippen molar-refractivity contribution in [2.24, 2.45) is 17.8 Å². The molecule has 13 nitrogen and oxygen atoms in total. The van der Waals surface area contributed by atoms with Crippen molar-refractivity contribution in [1.29, 1.82) is 0 Å². The Labute approximate surface area is 360 Å². The van der Waals surface area contributed by atoms with Gasteiger partial charge in [-0.2, -0.15) is 0 Å². The van der Waals surface area contributed by atoms with Crippen molar-refractivity contribution in [3.63, 3.8) is 0 Å². The molecule has 4 fully saturated rings. The van der Waals surface area contributed by atoms with Gasteiger partial charge in [0.05, 0.1) is 64.4 Å². The van der Waals surface area contributed by atoms with Crippen LogP contribution in [-0.2, 0) is 36.1 Å². The molecule has 5 aliphatic rings. The highest BCUT2D eigenvalue weighted by Crippen LogP contribution is 2.60. The molecule has 3 aromatic carbocycles. The number of amides is 4. The van der Waals surface area contributed by atoms with E-state index in [9.17, 15) is 19.5 Å². The Morgan fingerprint density at radius 2 is 1.57 bits per heavy atom. The fourth-order valence-electron chi connectivity index (χ4n) is 11.0. The molecule has 7 atom stereocenters. The first kappa shape index (κ1) is 43.1. The van der Waals surface area contributed by atoms with Crippen LogP contribution in [0, 0.1) is 17.8 Å². The number of aliphatic hydroxyl groups is 1. The van der Waals surface area contributed by atoms with E-state index in [-0.39, 0.29) is 72.5 Å². The van der Waals surface area contributed by atoms with E-state index in [4.69, 9.17) is 9.47 Å². The van der Waals surface area contributed by atoms with Crippen LogP contribution in [0.2, 0.25) is 18.6 Å². The number of carbonyl (C=O) groups is 4. The van der Waals surface area contributed by atoms with Gasteiger partial charge < -0.3 is 45.6 Å². The second kappa shape index (κ2) is 18.0. The average Bonchev–Trinajstić information content (AvgIpc) is 3.94. The third-order valence-corrected chi connectivity index (χ3v) is 18.6. The molecular weight excluding hydrogens is 789 g/mol. The van der Waals surface area contributed by atoms with Gasteiger partial charge in [-0.1, -0.05) is 49.5 Å². The lowest BCUT2D eigenvalue weighted by atomic mass is 9.82. The number of benzene rings is 3. The number of hydrogen-bond acceptors (Lipinski definition) is 9. The van der Waals surface area contributed by atoms with Crippen molar-refractivity contribution in [1.82, 2.24) is 15.5 Å². The highest BCUT2D eigenvalue weighted by atomic mass is 28.3. The molecule has 2 unspecified atom stereocenters. The van der Waals surface area contributed by atoms with Crippen molar-refractivity contribution in [2.45, 2.75) is 94.8 Å². The number of nitrogens with zero attached hydrogens (tertiary/aromatic N) is 2. The summed E-state index contributed by atoms with van der Waals surface area (Å²) in [6, 6.07) is 21.2. The first-order valence-corrected chi connectivity index (χ1v) is 25.3. The van der Waals surface area contributed by atoms with Crippen molar-refractivity contribution in [2.75, 3.05) is 62.0 Å². The Morgan fingerprint density at radius 3 is 2.20 bits per heavy atom. The SMILES string of the molecule is COc1ccc([Si](C)(C)[C@@H]2[C@@H](CC(=O)N3CCC[C@H]3CO)O[C@]3(C(=O)N(Cc4cccc(NC(=O)C5CCCNC5)c4)c4ccc(NC(=O)C5CCCNC5)cc43)[C@H]2C)cc1. The summed E-state index contributed by atoms with van der Waals surface area (Å²) in [6.45, 7) is 10.5. The number of methoxy groups -OCH3 is 1. The standard InChI is InChI=1S/C47H62N6O7Si/c1-30-43(61(3,4)38-17-15-37(59-2)16-18-38)41(25-42(55)52-22-8-13-36(52)29-54)60-47(30)39-24-35(51-45(57)33-11-7-21-49-27-33)14-19-40(39)53(46(47)58)28-31-9-5-12-34(23-31)50-44(56)32-10-6-20-48-26-32/h5,9,12,14-19,23-24,30,32-33,36,41,43,48-49,54H,6-8,10-11,13,20-22,25-29H2,1-4H3,(H,50,56)(H,51,57)/t30-,32?,33?,36-,41+,43-,47+/m0/s1. The number of likely N-dealkylation sites (tertiary alicyclic amines) is 1. The molecule has 8 rings (SSSR count). The fraction of sp³-hybridized carbons (Fsp3) is 0.532. The van der Waals surface area contributed by atoms with Gasteiger partial charge in [0.2, 0.25) is 17.7 Å². The lowest BCUT2D eigenvalue weighted by Gasteiger charge is -2.37. The van der Waals surface area contributed by atoms with E-state index in [0.29, 0.717) is 42.3 Å². The Hall–Kier alpha value is -4.60. The Kier molecular flexibility index (Phi) is 12.7. The van der Waals surface area contributed by atoms with Gasteiger partial charge in [-0.3, -0.25) is 19.2 Å². The molecule has 4 saturated heterocycles. The van der Waals surface area contributed by atoms with Crippen LogP contribution >= 0.6 is 0 Å². The number of nitrogens with one attached hydrogen (secondary N) is 4. The monoisotopic (exact) mass is 850 g/mol. The Bertz CT molecular complexity index is 2100. The van der Waals surface area contributed by atoms with Crippen LogP contribution in [0.25, 0.3) is 0 Å². The summed E-state index contributed by atoms with van der Waals surface area (Å²) in [5.74, 6) is -0.276. The molecule has 5 heterocycles. The third kappa shape index (κ3) is 8.37. The van der Waals surface area contributed by atoms with E-state index in [2.05, 4.69) is 53.4 Å². The first-order chi connectivity index (χ1) is 29.4. The molecule has 0 bridgehead atoms. The molecule has 4 amide bonds. The molecule has 0 radical (unpaired) electrons. The topological polar surface area (TPSA) is 162 Å². The van der Waals surface area contributed by atoms with Gasteiger partial charge in [0.1, 0.15) is 5.75 Å². The number of hydrogen-bond donors (Lipinski definition) is 5. The van der Waals surface area contributed by atoms with E-state index < -0.39 is 19.8 Å². The van der Waals surface area contributed by atoms with Crippen LogP contribution in [0.1, 0.15) is 63.0 Å². The predicted molar refractivity (Wildman–Crippen MR) is 239 cm³/mol. The first-order valence-electron chi connectivity index (χ1n) is 22.3. The summed E-state index contributed by atoms with van der Waals surface area (Å²) in [4.78, 5) is 60.3. The number of rotatable bonds is 12. The van der Waals surface area contributed by atoms with Gasteiger partial charge in [0.25, 0.3) is 5.91 Å². The summed E-state index contributed by atoms with van der Waals surface area (Å²) in [6.07, 6.45) is 4.56. The van der Waals surface area contributed by atoms with Crippen molar-refractivity contribution in [3.8, 4) is 5.75 Å². The smallest absolute Gasteiger partial charge is 0.264 e. The maximum Gasteiger partial charge on any atom is 0.264 e. The van der Waals surface area contributed by atoms with Crippen molar-refractivity contribution < 1.29 is 33.8 Å². The second-order valence-corrected chi connectivity index (χ2v) is 23.0. The fourth-order valence-corrected chi connectivity index (χ4v) is 15.0. The van der Waals surface area contributed by atoms with Crippen LogP contribution in [-0.4, -0.2) is 100 Å². The zero-order chi connectivity index (χ0) is 42.9. The lowest BCUT2D eigenvalue weighted by molar-refractivity contribution is -0.150. The minimum Gasteiger partial charge on any atom is -0.497 e. The van der Waals surface area contributed by atoms with Crippen LogP contribution in [0.5, 0.6) is 5.75 Å². The van der Waals surface area contributed by atoms with Crippen molar-refractivity contribution in [3.05, 3.63) is 77.9 Å². The Morgan fingerprint density at radius 1 is 0.902 bits per heavy atom. The molecule has 5 N–H and O–H groups in total. The average molecular weight is 851 g/mol. The molecule has 5 aliphatic heterocycles. The molecule has 0 saturated carbocycles. The largest absolute Gasteiger partial charge is 0.497 e. The molecule has 1 spiro atoms. The van der Waals surface area contributed by atoms with E-state index >= 15 is 4.79 Å². The van der Waals surface area contributed by atoms with Gasteiger partial charge in [-0.05, 0) is 105 Å². The molecule has 61 heavy (non-hydrogen) atoms. The minimum absolute atomic E-state index is 0.0211. The van der Waals surface area contributed by atoms with Gasteiger partial charge >= 0.3 is 0 Å². The number of carbonyl (C=O) groups excluding carboxylic acids is 4. The molecule has 0 aliphatic carbocycles. The number of aliphatic hydroxyl groups excluding tert-OH is 1. The van der Waals surface area contributed by atoms with E-state index in [1.54, 1.807) is 16.9 Å². The maximum atomic E-state index is 15.6. The highest BCUT2D eigenvalue weighted by molar-refractivity contribution is 6.91. The number of piperidine rings is 2. The summed E-state index contributed by atoms with van der Waals surface area (Å²) >= 11 is 0. The molecule has 3 aromatic rings. The van der Waals surface area contributed by atoms with Crippen LogP contribution in [0.4, 0.5) is 17.1 Å².